The van der Waals surface area contributed by atoms with E-state index in [0.29, 0.717) is 24.4 Å². The molecule has 112 valence electrons. The fraction of sp³-hybridized carbons (Fsp3) is 0.267. The van der Waals surface area contributed by atoms with Crippen molar-refractivity contribution in [1.82, 2.24) is 4.90 Å². The molecule has 21 heavy (non-hydrogen) atoms. The van der Waals surface area contributed by atoms with Gasteiger partial charge in [-0.1, -0.05) is 12.2 Å². The van der Waals surface area contributed by atoms with E-state index in [9.17, 15) is 14.9 Å². The van der Waals surface area contributed by atoms with Crippen molar-refractivity contribution in [3.8, 4) is 5.75 Å². The second-order valence-electron chi connectivity index (χ2n) is 4.37. The monoisotopic (exact) mass is 290 g/mol. The van der Waals surface area contributed by atoms with E-state index in [1.807, 2.05) is 0 Å². The molecule has 0 bridgehead atoms. The molecule has 0 aliphatic heterocycles. The van der Waals surface area contributed by atoms with Gasteiger partial charge in [0, 0.05) is 24.7 Å². The number of nitrogens with zero attached hydrogens (tertiary/aromatic N) is 2. The lowest BCUT2D eigenvalue weighted by molar-refractivity contribution is -0.385. The molecule has 0 heterocycles. The van der Waals surface area contributed by atoms with Crippen molar-refractivity contribution in [1.29, 1.82) is 0 Å². The molecule has 0 spiro atoms. The highest BCUT2D eigenvalue weighted by molar-refractivity contribution is 5.78. The van der Waals surface area contributed by atoms with Crippen LogP contribution in [0.1, 0.15) is 5.56 Å². The second-order valence-corrected chi connectivity index (χ2v) is 4.37. The van der Waals surface area contributed by atoms with Gasteiger partial charge in [0.05, 0.1) is 4.92 Å². The number of carbonyl (C=O) groups excluding carboxylic acids is 1. The highest BCUT2D eigenvalue weighted by Crippen LogP contribution is 2.22. The number of aryl methyl sites for hydroxylation is 1. The summed E-state index contributed by atoms with van der Waals surface area (Å²) >= 11 is 0. The Bertz CT molecular complexity index is 545. The molecule has 1 aromatic rings. The number of amides is 1. The van der Waals surface area contributed by atoms with Gasteiger partial charge < -0.3 is 9.64 Å². The van der Waals surface area contributed by atoms with Gasteiger partial charge in [0.2, 0.25) is 0 Å². The summed E-state index contributed by atoms with van der Waals surface area (Å²) in [5, 5.41) is 10.7. The minimum atomic E-state index is -0.458. The zero-order valence-electron chi connectivity index (χ0n) is 11.9. The van der Waals surface area contributed by atoms with Gasteiger partial charge in [-0.2, -0.15) is 0 Å². The first-order valence-corrected chi connectivity index (χ1v) is 6.37. The minimum Gasteiger partial charge on any atom is -0.484 e. The number of hydrogen-bond acceptors (Lipinski definition) is 4. The number of nitro groups is 1. The Labute approximate surface area is 123 Å². The van der Waals surface area contributed by atoms with E-state index in [1.165, 1.54) is 23.1 Å². The van der Waals surface area contributed by atoms with Crippen LogP contribution in [0, 0.1) is 17.0 Å². The van der Waals surface area contributed by atoms with Crippen molar-refractivity contribution in [2.75, 3.05) is 19.7 Å². The van der Waals surface area contributed by atoms with E-state index in [4.69, 9.17) is 4.74 Å². The molecule has 0 saturated carbocycles. The van der Waals surface area contributed by atoms with E-state index < -0.39 is 4.92 Å². The van der Waals surface area contributed by atoms with Gasteiger partial charge in [0.15, 0.2) is 6.61 Å². The van der Waals surface area contributed by atoms with Gasteiger partial charge in [-0.25, -0.2) is 0 Å². The maximum absolute atomic E-state index is 12.0. The molecule has 0 aliphatic carbocycles. The molecule has 0 unspecified atom stereocenters. The summed E-state index contributed by atoms with van der Waals surface area (Å²) < 4.78 is 5.37. The van der Waals surface area contributed by atoms with Crippen molar-refractivity contribution < 1.29 is 14.5 Å². The smallest absolute Gasteiger partial charge is 0.272 e. The molecule has 1 aromatic carbocycles. The van der Waals surface area contributed by atoms with Crippen LogP contribution in [-0.4, -0.2) is 35.4 Å². The largest absolute Gasteiger partial charge is 0.484 e. The third-order valence-corrected chi connectivity index (χ3v) is 2.78. The Morgan fingerprint density at radius 3 is 2.48 bits per heavy atom. The van der Waals surface area contributed by atoms with Gasteiger partial charge in [-0.15, -0.1) is 13.2 Å². The predicted octanol–water partition coefficient (Wildman–Crippen LogP) is 2.48. The number of nitro benzene ring substituents is 1. The van der Waals surface area contributed by atoms with Crippen LogP contribution in [0.4, 0.5) is 5.69 Å². The summed E-state index contributed by atoms with van der Waals surface area (Å²) in [4.78, 5) is 23.8. The highest BCUT2D eigenvalue weighted by Gasteiger charge is 2.13. The van der Waals surface area contributed by atoms with E-state index in [-0.39, 0.29) is 18.2 Å². The zero-order chi connectivity index (χ0) is 15.8. The molecule has 0 N–H and O–H groups in total. The first-order chi connectivity index (χ1) is 9.99. The molecule has 6 nitrogen and oxygen atoms in total. The molecule has 0 atom stereocenters. The maximum Gasteiger partial charge on any atom is 0.272 e. The molecular weight excluding hydrogens is 272 g/mol. The van der Waals surface area contributed by atoms with Gasteiger partial charge in [-0.3, -0.25) is 14.9 Å². The fourth-order valence-electron chi connectivity index (χ4n) is 1.75. The van der Waals surface area contributed by atoms with Crippen molar-refractivity contribution in [3.05, 3.63) is 59.2 Å². The van der Waals surface area contributed by atoms with Crippen LogP contribution in [0.5, 0.6) is 5.75 Å². The first kappa shape index (κ1) is 16.4. The Kier molecular flexibility index (Phi) is 6.13. The van der Waals surface area contributed by atoms with Crippen LogP contribution in [0.3, 0.4) is 0 Å². The maximum atomic E-state index is 12.0. The van der Waals surface area contributed by atoms with Crippen LogP contribution >= 0.6 is 0 Å². The molecule has 0 saturated heterocycles. The average molecular weight is 290 g/mol. The predicted molar refractivity (Wildman–Crippen MR) is 80.3 cm³/mol. The van der Waals surface area contributed by atoms with Crippen molar-refractivity contribution in [2.24, 2.45) is 0 Å². The van der Waals surface area contributed by atoms with E-state index in [2.05, 4.69) is 13.2 Å². The normalized spacial score (nSPS) is 9.76. The summed E-state index contributed by atoms with van der Waals surface area (Å²) in [5.74, 6) is 0.217. The molecule has 0 aliphatic rings. The van der Waals surface area contributed by atoms with Crippen LogP contribution in [-0.2, 0) is 4.79 Å². The van der Waals surface area contributed by atoms with E-state index in [0.717, 1.165) is 0 Å². The zero-order valence-corrected chi connectivity index (χ0v) is 11.9. The van der Waals surface area contributed by atoms with E-state index >= 15 is 0 Å². The quantitative estimate of drug-likeness (QED) is 0.419. The highest BCUT2D eigenvalue weighted by atomic mass is 16.6. The van der Waals surface area contributed by atoms with Crippen LogP contribution < -0.4 is 4.74 Å². The summed E-state index contributed by atoms with van der Waals surface area (Å²) in [6, 6.07) is 4.38. The van der Waals surface area contributed by atoms with E-state index in [1.54, 1.807) is 19.1 Å². The number of hydrogen-bond donors (Lipinski definition) is 0. The number of carbonyl (C=O) groups is 1. The lowest BCUT2D eigenvalue weighted by Gasteiger charge is -2.19. The Morgan fingerprint density at radius 1 is 1.38 bits per heavy atom. The summed E-state index contributed by atoms with van der Waals surface area (Å²) in [6.07, 6.45) is 3.24. The molecule has 1 rings (SSSR count). The Balaban J connectivity index is 2.67. The SMILES string of the molecule is C=CCN(CC=C)C(=O)COc1ccc([N+](=O)[O-])c(C)c1. The summed E-state index contributed by atoms with van der Waals surface area (Å²) in [6.45, 7) is 9.48. The Morgan fingerprint density at radius 2 is 2.00 bits per heavy atom. The van der Waals surface area contributed by atoms with Crippen LogP contribution in [0.15, 0.2) is 43.5 Å². The molecule has 0 aromatic heterocycles. The molecule has 0 radical (unpaired) electrons. The van der Waals surface area contributed by atoms with Gasteiger partial charge in [0.1, 0.15) is 5.75 Å². The third-order valence-electron chi connectivity index (χ3n) is 2.78. The summed E-state index contributed by atoms with van der Waals surface area (Å²) in [5.41, 5.74) is 0.507. The number of ether oxygens (including phenoxy) is 1. The van der Waals surface area contributed by atoms with Crippen LogP contribution in [0.2, 0.25) is 0 Å². The van der Waals surface area contributed by atoms with Gasteiger partial charge in [0.25, 0.3) is 11.6 Å². The van der Waals surface area contributed by atoms with Crippen LogP contribution in [0.25, 0.3) is 0 Å². The number of rotatable bonds is 8. The standard InChI is InChI=1S/C15H18N2O4/c1-4-8-16(9-5-2)15(18)11-21-13-6-7-14(17(19)20)12(3)10-13/h4-7,10H,1-2,8-9,11H2,3H3. The molecule has 1 amide bonds. The summed E-state index contributed by atoms with van der Waals surface area (Å²) in [7, 11) is 0. The van der Waals surface area contributed by atoms with Crippen molar-refractivity contribution >= 4 is 11.6 Å². The van der Waals surface area contributed by atoms with Gasteiger partial charge >= 0.3 is 0 Å². The molecule has 6 heteroatoms. The minimum absolute atomic E-state index is 0.0219. The number of benzene rings is 1. The lowest BCUT2D eigenvalue weighted by atomic mass is 10.2. The first-order valence-electron chi connectivity index (χ1n) is 6.37. The fourth-order valence-corrected chi connectivity index (χ4v) is 1.75. The van der Waals surface area contributed by atoms with Crippen molar-refractivity contribution in [3.63, 3.8) is 0 Å². The second kappa shape index (κ2) is 7.84. The molecular formula is C15H18N2O4. The Hall–Kier alpha value is -2.63. The van der Waals surface area contributed by atoms with Crippen molar-refractivity contribution in [2.45, 2.75) is 6.92 Å². The third kappa shape index (κ3) is 4.76. The average Bonchev–Trinajstić information content (AvgIpc) is 2.44. The topological polar surface area (TPSA) is 72.7 Å². The molecule has 0 fully saturated rings. The lowest BCUT2D eigenvalue weighted by Crippen LogP contribution is -2.35. The van der Waals surface area contributed by atoms with Gasteiger partial charge in [-0.05, 0) is 19.1 Å².